The highest BCUT2D eigenvalue weighted by molar-refractivity contribution is 5.85. The zero-order chi connectivity index (χ0) is 20.7. The maximum atomic E-state index is 12.8. The maximum absolute atomic E-state index is 12.8. The predicted molar refractivity (Wildman–Crippen MR) is 116 cm³/mol. The number of imidazole rings is 1. The number of hydrogen-bond acceptors (Lipinski definition) is 5. The maximum Gasteiger partial charge on any atom is 0.332 e. The number of aryl methyl sites for hydroxylation is 2. The summed E-state index contributed by atoms with van der Waals surface area (Å²) in [6, 6.07) is 9.89. The molecule has 0 aliphatic carbocycles. The molecule has 0 unspecified atom stereocenters. The number of nitrogens with two attached hydrogens (primary N) is 1. The van der Waals surface area contributed by atoms with Crippen LogP contribution in [0.5, 0.6) is 0 Å². The van der Waals surface area contributed by atoms with Crippen molar-refractivity contribution < 1.29 is 4.79 Å². The van der Waals surface area contributed by atoms with E-state index in [1.54, 1.807) is 16.5 Å². The molecule has 0 bridgehead atoms. The molecule has 1 amide bonds. The highest BCUT2D eigenvalue weighted by atomic mass is 35.5. The number of amides is 1. The fourth-order valence-electron chi connectivity index (χ4n) is 4.03. The van der Waals surface area contributed by atoms with Crippen LogP contribution in [0.25, 0.3) is 11.2 Å². The Labute approximate surface area is 179 Å². The molecule has 160 valence electrons. The Balaban J connectivity index is 0.00000256. The van der Waals surface area contributed by atoms with Crippen LogP contribution in [0.15, 0.2) is 46.2 Å². The van der Waals surface area contributed by atoms with E-state index in [0.29, 0.717) is 30.8 Å². The molecule has 30 heavy (non-hydrogen) atoms. The van der Waals surface area contributed by atoms with Crippen molar-refractivity contribution in [3.8, 4) is 0 Å². The SMILES string of the molecule is Cl.Cn1c(=O)c2c(ncn2CCC(=O)N2C[C@@H](N)[C@H](c3ccccc3)C2)n(C)c1=O. The zero-order valence-electron chi connectivity index (χ0n) is 16.9. The third-order valence-corrected chi connectivity index (χ3v) is 5.73. The third-order valence-electron chi connectivity index (χ3n) is 5.73. The smallest absolute Gasteiger partial charge is 0.332 e. The Morgan fingerprint density at radius 1 is 1.13 bits per heavy atom. The summed E-state index contributed by atoms with van der Waals surface area (Å²) in [6.07, 6.45) is 1.73. The van der Waals surface area contributed by atoms with Crippen molar-refractivity contribution >= 4 is 29.5 Å². The van der Waals surface area contributed by atoms with E-state index in [1.807, 2.05) is 30.3 Å². The van der Waals surface area contributed by atoms with Crippen LogP contribution in [0.2, 0.25) is 0 Å². The Morgan fingerprint density at radius 2 is 1.83 bits per heavy atom. The number of likely N-dealkylation sites (tertiary alicyclic amines) is 1. The molecule has 9 nitrogen and oxygen atoms in total. The van der Waals surface area contributed by atoms with Crippen molar-refractivity contribution in [3.63, 3.8) is 0 Å². The summed E-state index contributed by atoms with van der Waals surface area (Å²) < 4.78 is 4.02. The van der Waals surface area contributed by atoms with Crippen LogP contribution >= 0.6 is 12.4 Å². The number of rotatable bonds is 4. The predicted octanol–water partition coefficient (Wildman–Crippen LogP) is 0.199. The Hall–Kier alpha value is -2.91. The lowest BCUT2D eigenvalue weighted by atomic mass is 9.95. The standard InChI is InChI=1S/C20H24N6O3.ClH/c1-23-18-17(19(28)24(2)20(23)29)25(12-22-18)9-8-16(27)26-10-14(15(21)11-26)13-6-4-3-5-7-13;/h3-7,12,14-15H,8-11,21H2,1-2H3;1H/t14-,15+;/m0./s1. The second-order valence-electron chi connectivity index (χ2n) is 7.55. The number of carbonyl (C=O) groups excluding carboxylic acids is 1. The molecule has 1 aliphatic heterocycles. The monoisotopic (exact) mass is 432 g/mol. The van der Waals surface area contributed by atoms with Gasteiger partial charge in [0.2, 0.25) is 5.91 Å². The summed E-state index contributed by atoms with van der Waals surface area (Å²) in [5, 5.41) is 0. The molecule has 0 saturated carbocycles. The quantitative estimate of drug-likeness (QED) is 0.633. The van der Waals surface area contributed by atoms with Gasteiger partial charge in [-0.15, -0.1) is 12.4 Å². The highest BCUT2D eigenvalue weighted by Gasteiger charge is 2.33. The summed E-state index contributed by atoms with van der Waals surface area (Å²) in [6.45, 7) is 1.41. The number of benzene rings is 1. The number of carbonyl (C=O) groups is 1. The zero-order valence-corrected chi connectivity index (χ0v) is 17.7. The van der Waals surface area contributed by atoms with Gasteiger partial charge >= 0.3 is 5.69 Å². The lowest BCUT2D eigenvalue weighted by Crippen LogP contribution is -2.37. The van der Waals surface area contributed by atoms with Crippen LogP contribution in [0, 0.1) is 0 Å². The van der Waals surface area contributed by atoms with E-state index in [-0.39, 0.29) is 36.7 Å². The van der Waals surface area contributed by atoms with E-state index in [0.717, 1.165) is 10.1 Å². The molecule has 4 rings (SSSR count). The first-order valence-corrected chi connectivity index (χ1v) is 9.57. The summed E-state index contributed by atoms with van der Waals surface area (Å²) in [4.78, 5) is 43.3. The van der Waals surface area contributed by atoms with Gasteiger partial charge in [-0.25, -0.2) is 9.78 Å². The summed E-state index contributed by atoms with van der Waals surface area (Å²) in [5.41, 5.74) is 7.22. The minimum atomic E-state index is -0.429. The molecular formula is C20H25ClN6O3. The molecule has 0 radical (unpaired) electrons. The fourth-order valence-corrected chi connectivity index (χ4v) is 4.03. The van der Waals surface area contributed by atoms with Gasteiger partial charge in [0, 0.05) is 52.1 Å². The molecule has 2 aromatic heterocycles. The van der Waals surface area contributed by atoms with Crippen LogP contribution in [0.3, 0.4) is 0 Å². The van der Waals surface area contributed by atoms with Gasteiger partial charge in [0.25, 0.3) is 5.56 Å². The summed E-state index contributed by atoms with van der Waals surface area (Å²) >= 11 is 0. The average Bonchev–Trinajstić information content (AvgIpc) is 3.33. The van der Waals surface area contributed by atoms with Crippen molar-refractivity contribution in [3.05, 3.63) is 63.1 Å². The van der Waals surface area contributed by atoms with Crippen LogP contribution < -0.4 is 17.0 Å². The van der Waals surface area contributed by atoms with E-state index in [9.17, 15) is 14.4 Å². The molecule has 2 atom stereocenters. The molecule has 1 saturated heterocycles. The van der Waals surface area contributed by atoms with Crippen molar-refractivity contribution in [1.82, 2.24) is 23.6 Å². The molecule has 1 aromatic carbocycles. The van der Waals surface area contributed by atoms with E-state index in [1.165, 1.54) is 17.9 Å². The van der Waals surface area contributed by atoms with Gasteiger partial charge in [0.1, 0.15) is 0 Å². The second-order valence-corrected chi connectivity index (χ2v) is 7.55. The average molecular weight is 433 g/mol. The number of aromatic nitrogens is 4. The first-order valence-electron chi connectivity index (χ1n) is 9.57. The normalized spacial score (nSPS) is 18.6. The van der Waals surface area contributed by atoms with Crippen molar-refractivity contribution in [2.24, 2.45) is 19.8 Å². The highest BCUT2D eigenvalue weighted by Crippen LogP contribution is 2.26. The van der Waals surface area contributed by atoms with Crippen molar-refractivity contribution in [1.29, 1.82) is 0 Å². The van der Waals surface area contributed by atoms with Crippen LogP contribution in [-0.2, 0) is 25.4 Å². The van der Waals surface area contributed by atoms with E-state index >= 15 is 0 Å². The molecular weight excluding hydrogens is 408 g/mol. The van der Waals surface area contributed by atoms with Gasteiger partial charge in [-0.3, -0.25) is 18.7 Å². The number of nitrogens with zero attached hydrogens (tertiary/aromatic N) is 5. The molecule has 3 aromatic rings. The van der Waals surface area contributed by atoms with Gasteiger partial charge in [-0.05, 0) is 5.56 Å². The molecule has 1 aliphatic rings. The van der Waals surface area contributed by atoms with Gasteiger partial charge in [-0.2, -0.15) is 0 Å². The Morgan fingerprint density at radius 3 is 2.53 bits per heavy atom. The first-order chi connectivity index (χ1) is 13.9. The van der Waals surface area contributed by atoms with Crippen LogP contribution in [-0.4, -0.2) is 48.6 Å². The molecule has 10 heteroatoms. The van der Waals surface area contributed by atoms with Gasteiger partial charge < -0.3 is 15.2 Å². The van der Waals surface area contributed by atoms with Crippen molar-refractivity contribution in [2.45, 2.75) is 24.9 Å². The minimum absolute atomic E-state index is 0. The van der Waals surface area contributed by atoms with Gasteiger partial charge in [0.15, 0.2) is 11.2 Å². The number of halogens is 1. The molecule has 1 fully saturated rings. The molecule has 0 spiro atoms. The Kier molecular flexibility index (Phi) is 6.14. The molecule has 3 heterocycles. The number of hydrogen-bond donors (Lipinski definition) is 1. The van der Waals surface area contributed by atoms with Crippen molar-refractivity contribution in [2.75, 3.05) is 13.1 Å². The fraction of sp³-hybridized carbons (Fsp3) is 0.400. The topological polar surface area (TPSA) is 108 Å². The minimum Gasteiger partial charge on any atom is -0.340 e. The van der Waals surface area contributed by atoms with E-state index in [2.05, 4.69) is 4.98 Å². The van der Waals surface area contributed by atoms with E-state index < -0.39 is 11.2 Å². The largest absolute Gasteiger partial charge is 0.340 e. The third kappa shape index (κ3) is 3.66. The number of fused-ring (bicyclic) bond motifs is 1. The van der Waals surface area contributed by atoms with E-state index in [4.69, 9.17) is 5.73 Å². The molecule has 2 N–H and O–H groups in total. The van der Waals surface area contributed by atoms with Gasteiger partial charge in [-0.1, -0.05) is 30.3 Å². The second kappa shape index (κ2) is 8.45. The van der Waals surface area contributed by atoms with Crippen LogP contribution in [0.4, 0.5) is 0 Å². The summed E-state index contributed by atoms with van der Waals surface area (Å²) in [5.74, 6) is 0.110. The van der Waals surface area contributed by atoms with Gasteiger partial charge in [0.05, 0.1) is 6.33 Å². The summed E-state index contributed by atoms with van der Waals surface area (Å²) in [7, 11) is 3.00. The van der Waals surface area contributed by atoms with Crippen LogP contribution in [0.1, 0.15) is 17.9 Å². The first kappa shape index (κ1) is 21.8. The lowest BCUT2D eigenvalue weighted by Gasteiger charge is -2.17. The Bertz CT molecular complexity index is 1180. The lowest BCUT2D eigenvalue weighted by molar-refractivity contribution is -0.130.